The number of amides is 1. The maximum absolute atomic E-state index is 11.8. The van der Waals surface area contributed by atoms with Crippen LogP contribution < -0.4 is 5.73 Å². The number of carbonyl (C=O) groups excluding carboxylic acids is 1. The molecule has 0 rings (SSSR count). The van der Waals surface area contributed by atoms with Crippen LogP contribution in [0.25, 0.3) is 0 Å². The Hall–Kier alpha value is -0.570. The quantitative estimate of drug-likeness (QED) is 0.747. The summed E-state index contributed by atoms with van der Waals surface area (Å²) in [5.74, 6) is 0.143. The first kappa shape index (κ1) is 13.4. The molecule has 0 aromatic rings. The maximum Gasteiger partial charge on any atom is 0.226 e. The van der Waals surface area contributed by atoms with Gasteiger partial charge in [-0.3, -0.25) is 4.79 Å². The number of carbonyl (C=O) groups is 1. The molecule has 0 aromatic heterocycles. The van der Waals surface area contributed by atoms with Crippen molar-refractivity contribution in [2.75, 3.05) is 20.1 Å². The van der Waals surface area contributed by atoms with Gasteiger partial charge in [-0.1, -0.05) is 20.8 Å². The van der Waals surface area contributed by atoms with Crippen molar-refractivity contribution in [3.8, 4) is 0 Å². The molecule has 0 aliphatic heterocycles. The van der Waals surface area contributed by atoms with Gasteiger partial charge in [0.15, 0.2) is 0 Å². The van der Waals surface area contributed by atoms with Crippen LogP contribution in [0.2, 0.25) is 0 Å². The van der Waals surface area contributed by atoms with Crippen LogP contribution in [0, 0.1) is 11.3 Å². The molecule has 0 aliphatic carbocycles. The fourth-order valence-electron chi connectivity index (χ4n) is 1.48. The molecule has 0 fully saturated rings. The summed E-state index contributed by atoms with van der Waals surface area (Å²) in [6.45, 7) is 9.57. The van der Waals surface area contributed by atoms with Gasteiger partial charge in [0.1, 0.15) is 0 Å². The summed E-state index contributed by atoms with van der Waals surface area (Å²) >= 11 is 0. The van der Waals surface area contributed by atoms with Gasteiger partial charge in [-0.15, -0.1) is 0 Å². The Morgan fingerprint density at radius 1 is 1.43 bits per heavy atom. The van der Waals surface area contributed by atoms with Crippen LogP contribution in [0.1, 0.15) is 34.1 Å². The van der Waals surface area contributed by atoms with Crippen LogP contribution in [0.4, 0.5) is 0 Å². The van der Waals surface area contributed by atoms with Crippen LogP contribution in [-0.4, -0.2) is 30.9 Å². The number of hydrogen-bond donors (Lipinski definition) is 1. The zero-order valence-electron chi connectivity index (χ0n) is 10.1. The minimum atomic E-state index is -0.0278. The van der Waals surface area contributed by atoms with E-state index in [9.17, 15) is 4.79 Å². The molecule has 14 heavy (non-hydrogen) atoms. The average Bonchev–Trinajstić information content (AvgIpc) is 2.10. The Morgan fingerprint density at radius 2 is 1.93 bits per heavy atom. The van der Waals surface area contributed by atoms with Gasteiger partial charge in [-0.05, 0) is 18.8 Å². The van der Waals surface area contributed by atoms with E-state index in [-0.39, 0.29) is 17.2 Å². The highest BCUT2D eigenvalue weighted by atomic mass is 16.2. The van der Waals surface area contributed by atoms with Gasteiger partial charge >= 0.3 is 0 Å². The average molecular weight is 200 g/mol. The van der Waals surface area contributed by atoms with Crippen molar-refractivity contribution >= 4 is 5.91 Å². The first-order valence-corrected chi connectivity index (χ1v) is 5.27. The second-order valence-electron chi connectivity index (χ2n) is 5.05. The number of hydrogen-bond acceptors (Lipinski definition) is 2. The van der Waals surface area contributed by atoms with E-state index in [0.29, 0.717) is 6.54 Å². The third-order valence-electron chi connectivity index (χ3n) is 2.34. The first-order chi connectivity index (χ1) is 6.31. The minimum Gasteiger partial charge on any atom is -0.346 e. The molecule has 3 nitrogen and oxygen atoms in total. The summed E-state index contributed by atoms with van der Waals surface area (Å²) < 4.78 is 0. The second-order valence-corrected chi connectivity index (χ2v) is 5.05. The summed E-state index contributed by atoms with van der Waals surface area (Å²) in [6.07, 6.45) is 0.854. The molecule has 0 aliphatic rings. The van der Waals surface area contributed by atoms with E-state index in [1.54, 1.807) is 4.90 Å². The van der Waals surface area contributed by atoms with Gasteiger partial charge in [-0.25, -0.2) is 0 Å². The fourth-order valence-corrected chi connectivity index (χ4v) is 1.48. The lowest BCUT2D eigenvalue weighted by Gasteiger charge is -2.27. The van der Waals surface area contributed by atoms with E-state index < -0.39 is 0 Å². The zero-order chi connectivity index (χ0) is 11.4. The van der Waals surface area contributed by atoms with E-state index in [0.717, 1.165) is 13.0 Å². The largest absolute Gasteiger partial charge is 0.346 e. The van der Waals surface area contributed by atoms with Gasteiger partial charge in [0.05, 0.1) is 5.92 Å². The van der Waals surface area contributed by atoms with Crippen molar-refractivity contribution in [3.63, 3.8) is 0 Å². The Morgan fingerprint density at radius 3 is 2.21 bits per heavy atom. The Balaban J connectivity index is 4.34. The van der Waals surface area contributed by atoms with Crippen LogP contribution in [0.5, 0.6) is 0 Å². The standard InChI is InChI=1S/C11H24N2O/c1-6-13(5)10(14)9(8-12)7-11(2,3)4/h9H,6-8,12H2,1-5H3. The molecule has 1 unspecified atom stereocenters. The summed E-state index contributed by atoms with van der Waals surface area (Å²) in [5, 5.41) is 0. The van der Waals surface area contributed by atoms with E-state index in [1.165, 1.54) is 0 Å². The molecular weight excluding hydrogens is 176 g/mol. The van der Waals surface area contributed by atoms with E-state index in [4.69, 9.17) is 5.73 Å². The van der Waals surface area contributed by atoms with Crippen molar-refractivity contribution in [1.82, 2.24) is 4.90 Å². The predicted molar refractivity (Wildman–Crippen MR) is 59.9 cm³/mol. The number of nitrogens with zero attached hydrogens (tertiary/aromatic N) is 1. The topological polar surface area (TPSA) is 46.3 Å². The fraction of sp³-hybridized carbons (Fsp3) is 0.909. The van der Waals surface area contributed by atoms with Crippen LogP contribution in [-0.2, 0) is 4.79 Å². The molecule has 84 valence electrons. The summed E-state index contributed by atoms with van der Waals surface area (Å²) in [6, 6.07) is 0. The van der Waals surface area contributed by atoms with Crippen molar-refractivity contribution in [2.24, 2.45) is 17.1 Å². The monoisotopic (exact) mass is 200 g/mol. The highest BCUT2D eigenvalue weighted by Crippen LogP contribution is 2.24. The Kier molecular flexibility index (Phi) is 5.13. The van der Waals surface area contributed by atoms with Crippen molar-refractivity contribution in [2.45, 2.75) is 34.1 Å². The van der Waals surface area contributed by atoms with Crippen LogP contribution >= 0.6 is 0 Å². The third-order valence-corrected chi connectivity index (χ3v) is 2.34. The SMILES string of the molecule is CCN(C)C(=O)C(CN)CC(C)(C)C. The number of rotatable bonds is 4. The molecule has 0 aromatic carbocycles. The van der Waals surface area contributed by atoms with E-state index in [1.807, 2.05) is 14.0 Å². The Bertz CT molecular complexity index is 184. The molecule has 1 amide bonds. The zero-order valence-corrected chi connectivity index (χ0v) is 10.1. The third kappa shape index (κ3) is 4.61. The van der Waals surface area contributed by atoms with Crippen molar-refractivity contribution in [1.29, 1.82) is 0 Å². The molecule has 0 heterocycles. The summed E-state index contributed by atoms with van der Waals surface area (Å²) in [5.41, 5.74) is 5.79. The molecule has 0 bridgehead atoms. The lowest BCUT2D eigenvalue weighted by Crippen LogP contribution is -2.38. The van der Waals surface area contributed by atoms with Gasteiger partial charge in [-0.2, -0.15) is 0 Å². The highest BCUT2D eigenvalue weighted by Gasteiger charge is 2.25. The molecule has 0 saturated heterocycles. The minimum absolute atomic E-state index is 0.0278. The molecule has 0 saturated carbocycles. The summed E-state index contributed by atoms with van der Waals surface area (Å²) in [4.78, 5) is 13.6. The lowest BCUT2D eigenvalue weighted by atomic mass is 9.84. The van der Waals surface area contributed by atoms with Crippen LogP contribution in [0.15, 0.2) is 0 Å². The molecular formula is C11H24N2O. The molecule has 0 radical (unpaired) electrons. The van der Waals surface area contributed by atoms with E-state index >= 15 is 0 Å². The highest BCUT2D eigenvalue weighted by molar-refractivity contribution is 5.78. The Labute approximate surface area is 87.6 Å². The second kappa shape index (κ2) is 5.35. The van der Waals surface area contributed by atoms with Gasteiger partial charge in [0.2, 0.25) is 5.91 Å². The van der Waals surface area contributed by atoms with Crippen LogP contribution in [0.3, 0.4) is 0 Å². The smallest absolute Gasteiger partial charge is 0.226 e. The predicted octanol–water partition coefficient (Wildman–Crippen LogP) is 1.48. The lowest BCUT2D eigenvalue weighted by molar-refractivity contribution is -0.134. The summed E-state index contributed by atoms with van der Waals surface area (Å²) in [7, 11) is 1.83. The number of nitrogens with two attached hydrogens (primary N) is 1. The van der Waals surface area contributed by atoms with Gasteiger partial charge in [0.25, 0.3) is 0 Å². The molecule has 3 heteroatoms. The maximum atomic E-state index is 11.8. The molecule has 0 spiro atoms. The first-order valence-electron chi connectivity index (χ1n) is 5.27. The van der Waals surface area contributed by atoms with Gasteiger partial charge in [0, 0.05) is 20.1 Å². The van der Waals surface area contributed by atoms with Gasteiger partial charge < -0.3 is 10.6 Å². The van der Waals surface area contributed by atoms with Crippen molar-refractivity contribution in [3.05, 3.63) is 0 Å². The van der Waals surface area contributed by atoms with Crippen molar-refractivity contribution < 1.29 is 4.79 Å². The molecule has 2 N–H and O–H groups in total. The molecule has 1 atom stereocenters. The van der Waals surface area contributed by atoms with E-state index in [2.05, 4.69) is 20.8 Å². The normalized spacial score (nSPS) is 13.9.